The molecule has 0 aliphatic carbocycles. The molecule has 4 rings (SSSR count). The average molecular weight is 343 g/mol. The van der Waals surface area contributed by atoms with Crippen LogP contribution in [0.4, 0.5) is 0 Å². The summed E-state index contributed by atoms with van der Waals surface area (Å²) in [5.74, 6) is 1.54. The molecule has 0 unspecified atom stereocenters. The maximum atomic E-state index is 13.2. The molecule has 25 heavy (non-hydrogen) atoms. The van der Waals surface area contributed by atoms with Crippen molar-refractivity contribution < 1.29 is 9.53 Å². The molecule has 2 aromatic heterocycles. The number of aromatic amines is 1. The third-order valence-electron chi connectivity index (χ3n) is 5.38. The van der Waals surface area contributed by atoms with E-state index in [4.69, 9.17) is 4.74 Å². The highest BCUT2D eigenvalue weighted by atomic mass is 16.5. The standard InChI is InChI=1S/C18H25N5O2/c1-11-10-14-15(12(2)25-11)21-22(3)16(14)18(24)23-8-4-13(5-9-23)17-19-6-7-20-17/h6-7,11-13H,4-5,8-10H2,1-3H3,(H,19,20)/t11-,12+/m1/s1. The number of amides is 1. The minimum atomic E-state index is -0.0591. The molecule has 2 aliphatic heterocycles. The third kappa shape index (κ3) is 2.86. The Balaban J connectivity index is 1.53. The minimum absolute atomic E-state index is 0.0591. The number of carbonyl (C=O) groups excluding carboxylic acids is 1. The number of likely N-dealkylation sites (tertiary alicyclic amines) is 1. The van der Waals surface area contributed by atoms with Gasteiger partial charge in [0.05, 0.1) is 17.9 Å². The number of carbonyl (C=O) groups is 1. The lowest BCUT2D eigenvalue weighted by atomic mass is 9.95. The van der Waals surface area contributed by atoms with Crippen LogP contribution in [0.5, 0.6) is 0 Å². The van der Waals surface area contributed by atoms with E-state index in [0.717, 1.165) is 55.1 Å². The second kappa shape index (κ2) is 6.29. The van der Waals surface area contributed by atoms with E-state index in [2.05, 4.69) is 22.0 Å². The van der Waals surface area contributed by atoms with Gasteiger partial charge in [0.1, 0.15) is 11.5 Å². The van der Waals surface area contributed by atoms with E-state index in [9.17, 15) is 4.79 Å². The average Bonchev–Trinajstić information content (AvgIpc) is 3.22. The first-order valence-corrected chi connectivity index (χ1v) is 9.04. The van der Waals surface area contributed by atoms with Crippen molar-refractivity contribution in [2.45, 2.75) is 51.2 Å². The number of aryl methyl sites for hydroxylation is 1. The van der Waals surface area contributed by atoms with Gasteiger partial charge >= 0.3 is 0 Å². The molecule has 7 heteroatoms. The summed E-state index contributed by atoms with van der Waals surface area (Å²) in [6.07, 6.45) is 6.33. The molecule has 2 aromatic rings. The molecule has 0 spiro atoms. The smallest absolute Gasteiger partial charge is 0.272 e. The highest BCUT2D eigenvalue weighted by Gasteiger charge is 2.34. The Morgan fingerprint density at radius 2 is 2.08 bits per heavy atom. The number of fused-ring (bicyclic) bond motifs is 1. The summed E-state index contributed by atoms with van der Waals surface area (Å²) in [6.45, 7) is 5.57. The maximum Gasteiger partial charge on any atom is 0.272 e. The molecule has 7 nitrogen and oxygen atoms in total. The Hall–Kier alpha value is -2.15. The minimum Gasteiger partial charge on any atom is -0.369 e. The van der Waals surface area contributed by atoms with Crippen molar-refractivity contribution in [2.75, 3.05) is 13.1 Å². The molecule has 4 heterocycles. The van der Waals surface area contributed by atoms with Crippen molar-refractivity contribution in [1.82, 2.24) is 24.6 Å². The van der Waals surface area contributed by atoms with Gasteiger partial charge in [0.25, 0.3) is 5.91 Å². The Morgan fingerprint density at radius 3 is 2.76 bits per heavy atom. The lowest BCUT2D eigenvalue weighted by Gasteiger charge is -2.32. The molecule has 2 atom stereocenters. The fourth-order valence-electron chi connectivity index (χ4n) is 4.14. The number of H-pyrrole nitrogens is 1. The number of aromatic nitrogens is 4. The quantitative estimate of drug-likeness (QED) is 0.907. The number of piperidine rings is 1. The summed E-state index contributed by atoms with van der Waals surface area (Å²) >= 11 is 0. The van der Waals surface area contributed by atoms with Crippen molar-refractivity contribution >= 4 is 5.91 Å². The van der Waals surface area contributed by atoms with Crippen LogP contribution in [0.1, 0.15) is 66.3 Å². The Labute approximate surface area is 147 Å². The highest BCUT2D eigenvalue weighted by molar-refractivity contribution is 5.94. The topological polar surface area (TPSA) is 76.0 Å². The van der Waals surface area contributed by atoms with E-state index in [1.54, 1.807) is 10.9 Å². The highest BCUT2D eigenvalue weighted by Crippen LogP contribution is 2.33. The van der Waals surface area contributed by atoms with Crippen LogP contribution in [0.15, 0.2) is 12.4 Å². The number of ether oxygens (including phenoxy) is 1. The number of hydrogen-bond acceptors (Lipinski definition) is 4. The number of hydrogen-bond donors (Lipinski definition) is 1. The summed E-state index contributed by atoms with van der Waals surface area (Å²) in [7, 11) is 1.86. The Morgan fingerprint density at radius 1 is 1.32 bits per heavy atom. The van der Waals surface area contributed by atoms with E-state index < -0.39 is 0 Å². The molecule has 0 saturated carbocycles. The Kier molecular flexibility index (Phi) is 4.11. The fraction of sp³-hybridized carbons (Fsp3) is 0.611. The molecule has 0 bridgehead atoms. The van der Waals surface area contributed by atoms with Crippen LogP contribution >= 0.6 is 0 Å². The van der Waals surface area contributed by atoms with Crippen LogP contribution in [0.25, 0.3) is 0 Å². The van der Waals surface area contributed by atoms with Crippen LogP contribution in [0.3, 0.4) is 0 Å². The number of nitrogens with one attached hydrogen (secondary N) is 1. The van der Waals surface area contributed by atoms with Crippen molar-refractivity contribution in [3.8, 4) is 0 Å². The van der Waals surface area contributed by atoms with Crippen molar-refractivity contribution in [2.24, 2.45) is 7.05 Å². The van der Waals surface area contributed by atoms with Crippen LogP contribution in [0.2, 0.25) is 0 Å². The number of imidazole rings is 1. The SMILES string of the molecule is C[C@@H]1Cc2c(nn(C)c2C(=O)N2CCC(c3ncc[nH]3)CC2)[C@H](C)O1. The summed E-state index contributed by atoms with van der Waals surface area (Å²) < 4.78 is 7.59. The largest absolute Gasteiger partial charge is 0.369 e. The molecular weight excluding hydrogens is 318 g/mol. The van der Waals surface area contributed by atoms with Gasteiger partial charge in [0, 0.05) is 50.4 Å². The van der Waals surface area contributed by atoms with E-state index in [1.807, 2.05) is 25.1 Å². The van der Waals surface area contributed by atoms with Gasteiger partial charge in [0.15, 0.2) is 0 Å². The summed E-state index contributed by atoms with van der Waals surface area (Å²) in [6, 6.07) is 0. The van der Waals surface area contributed by atoms with Crippen molar-refractivity contribution in [3.05, 3.63) is 35.2 Å². The van der Waals surface area contributed by atoms with Crippen LogP contribution in [0, 0.1) is 0 Å². The zero-order valence-electron chi connectivity index (χ0n) is 15.0. The predicted molar refractivity (Wildman–Crippen MR) is 92.3 cm³/mol. The second-order valence-corrected chi connectivity index (χ2v) is 7.17. The normalized spacial score (nSPS) is 24.4. The number of nitrogens with zero attached hydrogens (tertiary/aromatic N) is 4. The van der Waals surface area contributed by atoms with E-state index >= 15 is 0 Å². The van der Waals surface area contributed by atoms with E-state index in [0.29, 0.717) is 5.92 Å². The zero-order chi connectivity index (χ0) is 17.6. The molecule has 1 amide bonds. The Bertz CT molecular complexity index is 759. The molecular formula is C18H25N5O2. The lowest BCUT2D eigenvalue weighted by molar-refractivity contribution is -0.00714. The van der Waals surface area contributed by atoms with Gasteiger partial charge in [-0.15, -0.1) is 0 Å². The second-order valence-electron chi connectivity index (χ2n) is 7.17. The van der Waals surface area contributed by atoms with Crippen LogP contribution < -0.4 is 0 Å². The summed E-state index contributed by atoms with van der Waals surface area (Å²) in [5, 5.41) is 4.57. The van der Waals surface area contributed by atoms with Gasteiger partial charge in [-0.05, 0) is 26.7 Å². The van der Waals surface area contributed by atoms with Crippen molar-refractivity contribution in [3.63, 3.8) is 0 Å². The van der Waals surface area contributed by atoms with Gasteiger partial charge in [-0.25, -0.2) is 4.98 Å². The monoisotopic (exact) mass is 343 g/mol. The molecule has 134 valence electrons. The van der Waals surface area contributed by atoms with Gasteiger partial charge in [-0.3, -0.25) is 9.48 Å². The van der Waals surface area contributed by atoms with E-state index in [-0.39, 0.29) is 18.1 Å². The molecule has 0 radical (unpaired) electrons. The summed E-state index contributed by atoms with van der Waals surface area (Å²) in [4.78, 5) is 22.7. The third-order valence-corrected chi connectivity index (χ3v) is 5.38. The molecule has 0 aromatic carbocycles. The van der Waals surface area contributed by atoms with Gasteiger partial charge in [0.2, 0.25) is 0 Å². The first kappa shape index (κ1) is 16.3. The van der Waals surface area contributed by atoms with E-state index in [1.165, 1.54) is 0 Å². The van der Waals surface area contributed by atoms with Crippen LogP contribution in [-0.4, -0.2) is 49.7 Å². The maximum absolute atomic E-state index is 13.2. The lowest BCUT2D eigenvalue weighted by Crippen LogP contribution is -2.39. The van der Waals surface area contributed by atoms with Gasteiger partial charge in [-0.2, -0.15) is 5.10 Å². The number of rotatable bonds is 2. The first-order valence-electron chi connectivity index (χ1n) is 9.04. The van der Waals surface area contributed by atoms with Crippen molar-refractivity contribution in [1.29, 1.82) is 0 Å². The molecule has 1 fully saturated rings. The van der Waals surface area contributed by atoms with Crippen LogP contribution in [-0.2, 0) is 18.2 Å². The van der Waals surface area contributed by atoms with Gasteiger partial charge in [-0.1, -0.05) is 0 Å². The summed E-state index contributed by atoms with van der Waals surface area (Å²) in [5.41, 5.74) is 2.70. The molecule has 1 saturated heterocycles. The van der Waals surface area contributed by atoms with Gasteiger partial charge < -0.3 is 14.6 Å². The predicted octanol–water partition coefficient (Wildman–Crippen LogP) is 2.19. The first-order chi connectivity index (χ1) is 12.0. The molecule has 2 aliphatic rings. The molecule has 1 N–H and O–H groups in total. The zero-order valence-corrected chi connectivity index (χ0v) is 15.0. The fourth-order valence-corrected chi connectivity index (χ4v) is 4.14.